The van der Waals surface area contributed by atoms with E-state index in [4.69, 9.17) is 4.74 Å². The van der Waals surface area contributed by atoms with Crippen LogP contribution in [0.15, 0.2) is 53.5 Å². The van der Waals surface area contributed by atoms with Gasteiger partial charge in [-0.1, -0.05) is 48.5 Å². The second-order valence-electron chi connectivity index (χ2n) is 6.19. The Labute approximate surface area is 161 Å². The van der Waals surface area contributed by atoms with Gasteiger partial charge < -0.3 is 15.4 Å². The maximum Gasteiger partial charge on any atom is 0.326 e. The predicted octanol–water partition coefficient (Wildman–Crippen LogP) is 3.26. The van der Waals surface area contributed by atoms with Crippen molar-refractivity contribution in [3.05, 3.63) is 65.2 Å². The number of para-hydroxylation sites is 1. The van der Waals surface area contributed by atoms with E-state index in [1.807, 2.05) is 50.2 Å². The van der Waals surface area contributed by atoms with E-state index in [9.17, 15) is 4.79 Å². The summed E-state index contributed by atoms with van der Waals surface area (Å²) < 4.78 is 5.62. The highest BCUT2D eigenvalue weighted by molar-refractivity contribution is 6.02. The summed E-state index contributed by atoms with van der Waals surface area (Å²) in [6.45, 7) is 5.67. The molecule has 0 radical (unpaired) electrons. The van der Waals surface area contributed by atoms with E-state index in [1.54, 1.807) is 7.05 Å². The minimum atomic E-state index is -0.328. The molecule has 0 bridgehead atoms. The summed E-state index contributed by atoms with van der Waals surface area (Å²) in [6.07, 6.45) is 0.881. The zero-order valence-corrected chi connectivity index (χ0v) is 16.2. The Morgan fingerprint density at radius 1 is 1.00 bits per heavy atom. The Morgan fingerprint density at radius 3 is 2.37 bits per heavy atom. The van der Waals surface area contributed by atoms with E-state index in [-0.39, 0.29) is 6.03 Å². The molecule has 3 N–H and O–H groups in total. The molecular weight excluding hydrogens is 340 g/mol. The van der Waals surface area contributed by atoms with Gasteiger partial charge in [-0.25, -0.2) is 4.79 Å². The van der Waals surface area contributed by atoms with Crippen LogP contribution >= 0.6 is 0 Å². The average molecular weight is 368 g/mol. The number of ether oxygens (including phenoxy) is 1. The summed E-state index contributed by atoms with van der Waals surface area (Å²) in [5.74, 6) is 0.408. The zero-order valence-electron chi connectivity index (χ0n) is 16.2. The molecule has 0 atom stereocenters. The minimum Gasteiger partial charge on any atom is -0.379 e. The summed E-state index contributed by atoms with van der Waals surface area (Å²) >= 11 is 0. The van der Waals surface area contributed by atoms with Crippen molar-refractivity contribution in [1.82, 2.24) is 10.6 Å². The van der Waals surface area contributed by atoms with Crippen LogP contribution in [0.3, 0.4) is 0 Å². The van der Waals surface area contributed by atoms with Crippen molar-refractivity contribution in [2.45, 2.75) is 20.3 Å². The van der Waals surface area contributed by atoms with Gasteiger partial charge in [0.15, 0.2) is 5.96 Å². The standard InChI is InChI=1S/C21H28N4O2/c1-16-8-7-9-17(2)19(16)24-21(26)25-20(22-3)23-13-15-27-14-12-18-10-5-4-6-11-18/h4-11H,12-15H2,1-3H3,(H3,22,23,24,25,26). The number of nitrogens with zero attached hydrogens (tertiary/aromatic N) is 1. The lowest BCUT2D eigenvalue weighted by Gasteiger charge is -2.14. The number of hydrogen-bond acceptors (Lipinski definition) is 3. The number of carbonyl (C=O) groups is 1. The van der Waals surface area contributed by atoms with E-state index < -0.39 is 0 Å². The van der Waals surface area contributed by atoms with Crippen molar-refractivity contribution in [2.24, 2.45) is 4.99 Å². The van der Waals surface area contributed by atoms with Gasteiger partial charge in [-0.05, 0) is 37.0 Å². The first-order valence-corrected chi connectivity index (χ1v) is 9.06. The first-order chi connectivity index (χ1) is 13.1. The molecule has 0 unspecified atom stereocenters. The molecule has 144 valence electrons. The molecule has 0 aliphatic heterocycles. The first-order valence-electron chi connectivity index (χ1n) is 9.06. The SMILES string of the molecule is CN=C(NCCOCCc1ccccc1)NC(=O)Nc1c(C)cccc1C. The molecule has 6 nitrogen and oxygen atoms in total. The number of amides is 2. The topological polar surface area (TPSA) is 74.8 Å². The fourth-order valence-electron chi connectivity index (χ4n) is 2.62. The number of rotatable bonds is 7. The third-order valence-electron chi connectivity index (χ3n) is 4.09. The molecule has 0 aliphatic rings. The monoisotopic (exact) mass is 368 g/mol. The van der Waals surface area contributed by atoms with Crippen LogP contribution in [-0.2, 0) is 11.2 Å². The molecule has 27 heavy (non-hydrogen) atoms. The minimum absolute atomic E-state index is 0.328. The molecule has 0 saturated carbocycles. The summed E-state index contributed by atoms with van der Waals surface area (Å²) in [7, 11) is 1.62. The van der Waals surface area contributed by atoms with Gasteiger partial charge in [0.25, 0.3) is 0 Å². The van der Waals surface area contributed by atoms with Gasteiger partial charge in [0, 0.05) is 19.3 Å². The molecule has 0 aromatic heterocycles. The smallest absolute Gasteiger partial charge is 0.326 e. The second-order valence-corrected chi connectivity index (χ2v) is 6.19. The van der Waals surface area contributed by atoms with Gasteiger partial charge in [0.2, 0.25) is 0 Å². The van der Waals surface area contributed by atoms with Crippen molar-refractivity contribution in [2.75, 3.05) is 32.1 Å². The van der Waals surface area contributed by atoms with Crippen LogP contribution in [0.5, 0.6) is 0 Å². The van der Waals surface area contributed by atoms with Crippen LogP contribution < -0.4 is 16.0 Å². The zero-order chi connectivity index (χ0) is 19.5. The number of urea groups is 1. The van der Waals surface area contributed by atoms with Crippen molar-refractivity contribution >= 4 is 17.7 Å². The molecule has 6 heteroatoms. The normalized spacial score (nSPS) is 11.1. The summed E-state index contributed by atoms with van der Waals surface area (Å²) in [5, 5.41) is 8.66. The summed E-state index contributed by atoms with van der Waals surface area (Å²) in [4.78, 5) is 16.3. The van der Waals surface area contributed by atoms with Crippen LogP contribution in [0.4, 0.5) is 10.5 Å². The molecule has 2 amide bonds. The van der Waals surface area contributed by atoms with E-state index in [0.717, 1.165) is 23.2 Å². The molecular formula is C21H28N4O2. The Kier molecular flexibility index (Phi) is 8.32. The van der Waals surface area contributed by atoms with Gasteiger partial charge >= 0.3 is 6.03 Å². The number of guanidine groups is 1. The highest BCUT2D eigenvalue weighted by atomic mass is 16.5. The number of aliphatic imine (C=N–C) groups is 1. The van der Waals surface area contributed by atoms with Gasteiger partial charge in [0.05, 0.1) is 13.2 Å². The van der Waals surface area contributed by atoms with E-state index in [2.05, 4.69) is 33.1 Å². The van der Waals surface area contributed by atoms with Crippen molar-refractivity contribution in [3.63, 3.8) is 0 Å². The van der Waals surface area contributed by atoms with E-state index in [1.165, 1.54) is 5.56 Å². The third-order valence-corrected chi connectivity index (χ3v) is 4.09. The number of benzene rings is 2. The molecule has 0 spiro atoms. The lowest BCUT2D eigenvalue weighted by atomic mass is 10.1. The average Bonchev–Trinajstić information content (AvgIpc) is 2.67. The highest BCUT2D eigenvalue weighted by Gasteiger charge is 2.09. The summed E-state index contributed by atoms with van der Waals surface area (Å²) in [5.41, 5.74) is 4.10. The van der Waals surface area contributed by atoms with Crippen LogP contribution in [0.1, 0.15) is 16.7 Å². The maximum atomic E-state index is 12.2. The largest absolute Gasteiger partial charge is 0.379 e. The Morgan fingerprint density at radius 2 is 1.70 bits per heavy atom. The van der Waals surface area contributed by atoms with Crippen LogP contribution in [-0.4, -0.2) is 38.8 Å². The fraction of sp³-hybridized carbons (Fsp3) is 0.333. The molecule has 2 aromatic rings. The number of carbonyl (C=O) groups excluding carboxylic acids is 1. The molecule has 2 aromatic carbocycles. The van der Waals surface area contributed by atoms with E-state index >= 15 is 0 Å². The van der Waals surface area contributed by atoms with Gasteiger partial charge in [0.1, 0.15) is 0 Å². The Balaban J connectivity index is 1.67. The Bertz CT molecular complexity index is 740. The van der Waals surface area contributed by atoms with Crippen molar-refractivity contribution in [1.29, 1.82) is 0 Å². The van der Waals surface area contributed by atoms with Crippen LogP contribution in [0.2, 0.25) is 0 Å². The number of aryl methyl sites for hydroxylation is 2. The van der Waals surface area contributed by atoms with Crippen LogP contribution in [0.25, 0.3) is 0 Å². The molecule has 0 fully saturated rings. The molecule has 0 aliphatic carbocycles. The quantitative estimate of drug-likeness (QED) is 0.399. The summed E-state index contributed by atoms with van der Waals surface area (Å²) in [6, 6.07) is 15.8. The number of anilines is 1. The van der Waals surface area contributed by atoms with Gasteiger partial charge in [-0.15, -0.1) is 0 Å². The van der Waals surface area contributed by atoms with Crippen molar-refractivity contribution in [3.8, 4) is 0 Å². The molecule has 0 heterocycles. The van der Waals surface area contributed by atoms with Gasteiger partial charge in [-0.3, -0.25) is 10.3 Å². The third kappa shape index (κ3) is 7.11. The predicted molar refractivity (Wildman–Crippen MR) is 110 cm³/mol. The molecule has 2 rings (SSSR count). The van der Waals surface area contributed by atoms with Gasteiger partial charge in [-0.2, -0.15) is 0 Å². The number of hydrogen-bond donors (Lipinski definition) is 3. The maximum absolute atomic E-state index is 12.2. The highest BCUT2D eigenvalue weighted by Crippen LogP contribution is 2.18. The second kappa shape index (κ2) is 11.0. The lowest BCUT2D eigenvalue weighted by molar-refractivity contribution is 0.142. The van der Waals surface area contributed by atoms with Crippen LogP contribution in [0, 0.1) is 13.8 Å². The first kappa shape index (κ1) is 20.5. The van der Waals surface area contributed by atoms with Crippen molar-refractivity contribution < 1.29 is 9.53 Å². The fourth-order valence-corrected chi connectivity index (χ4v) is 2.62. The lowest BCUT2D eigenvalue weighted by Crippen LogP contribution is -2.44. The number of nitrogens with one attached hydrogen (secondary N) is 3. The molecule has 0 saturated heterocycles. The van der Waals surface area contributed by atoms with E-state index in [0.29, 0.717) is 25.7 Å². The Hall–Kier alpha value is -2.86.